The minimum Gasteiger partial charge on any atom is -0.330 e. The van der Waals surface area contributed by atoms with Crippen molar-refractivity contribution in [2.75, 3.05) is 6.54 Å². The summed E-state index contributed by atoms with van der Waals surface area (Å²) in [7, 11) is 0. The molecule has 14 heavy (non-hydrogen) atoms. The van der Waals surface area contributed by atoms with Gasteiger partial charge in [-0.2, -0.15) is 0 Å². The maximum Gasteiger partial charge on any atom is 0.0444 e. The molecular weight excluding hydrogens is 214 g/mol. The Morgan fingerprint density at radius 2 is 2.21 bits per heavy atom. The predicted octanol–water partition coefficient (Wildman–Crippen LogP) is 3.45. The lowest BCUT2D eigenvalue weighted by Crippen LogP contribution is -2.00. The van der Waals surface area contributed by atoms with E-state index in [1.54, 1.807) is 11.3 Å². The first-order chi connectivity index (χ1) is 6.81. The summed E-state index contributed by atoms with van der Waals surface area (Å²) in [5.74, 6) is 0. The van der Waals surface area contributed by atoms with E-state index in [-0.39, 0.29) is 0 Å². The summed E-state index contributed by atoms with van der Waals surface area (Å²) in [4.78, 5) is 0. The average Bonchev–Trinajstić information content (AvgIpc) is 2.61. The Morgan fingerprint density at radius 1 is 1.36 bits per heavy atom. The lowest BCUT2D eigenvalue weighted by Gasteiger charge is -2.03. The van der Waals surface area contributed by atoms with E-state index >= 15 is 0 Å². The van der Waals surface area contributed by atoms with Crippen LogP contribution in [0.1, 0.15) is 12.0 Å². The summed E-state index contributed by atoms with van der Waals surface area (Å²) < 4.78 is 1.31. The van der Waals surface area contributed by atoms with Crippen LogP contribution in [0.4, 0.5) is 0 Å². The third-order valence-electron chi connectivity index (χ3n) is 2.27. The van der Waals surface area contributed by atoms with Gasteiger partial charge in [0.15, 0.2) is 0 Å². The third-order valence-corrected chi connectivity index (χ3v) is 3.50. The van der Waals surface area contributed by atoms with Gasteiger partial charge in [0.25, 0.3) is 0 Å². The molecule has 0 aliphatic heterocycles. The largest absolute Gasteiger partial charge is 0.330 e. The number of nitrogens with two attached hydrogens (primary N) is 1. The molecule has 0 radical (unpaired) electrons. The summed E-state index contributed by atoms with van der Waals surface area (Å²) in [5, 5.41) is 4.19. The van der Waals surface area contributed by atoms with E-state index < -0.39 is 0 Å². The lowest BCUT2D eigenvalue weighted by molar-refractivity contribution is 0.834. The zero-order chi connectivity index (χ0) is 9.97. The van der Waals surface area contributed by atoms with Crippen LogP contribution >= 0.6 is 22.9 Å². The maximum atomic E-state index is 6.16. The molecule has 0 saturated heterocycles. The van der Waals surface area contributed by atoms with Crippen molar-refractivity contribution in [2.24, 2.45) is 5.73 Å². The number of fused-ring (bicyclic) bond motifs is 1. The van der Waals surface area contributed by atoms with E-state index in [4.69, 9.17) is 17.3 Å². The molecule has 2 N–H and O–H groups in total. The van der Waals surface area contributed by atoms with Crippen LogP contribution in [0.2, 0.25) is 5.02 Å². The van der Waals surface area contributed by atoms with Gasteiger partial charge >= 0.3 is 0 Å². The first-order valence-electron chi connectivity index (χ1n) is 4.67. The zero-order valence-corrected chi connectivity index (χ0v) is 9.37. The van der Waals surface area contributed by atoms with Crippen molar-refractivity contribution in [1.29, 1.82) is 0 Å². The van der Waals surface area contributed by atoms with E-state index in [0.29, 0.717) is 0 Å². The van der Waals surface area contributed by atoms with Crippen molar-refractivity contribution in [3.05, 3.63) is 34.2 Å². The second kappa shape index (κ2) is 4.30. The lowest BCUT2D eigenvalue weighted by atomic mass is 10.1. The molecule has 1 heterocycles. The molecule has 0 atom stereocenters. The number of thiophene rings is 1. The molecular formula is C11H12ClNS. The first-order valence-corrected chi connectivity index (χ1v) is 5.92. The van der Waals surface area contributed by atoms with Crippen molar-refractivity contribution in [1.82, 2.24) is 0 Å². The fourth-order valence-corrected chi connectivity index (χ4v) is 2.61. The van der Waals surface area contributed by atoms with E-state index in [2.05, 4.69) is 17.5 Å². The molecule has 0 aliphatic rings. The molecule has 0 spiro atoms. The summed E-state index contributed by atoms with van der Waals surface area (Å²) in [5.41, 5.74) is 6.69. The molecule has 2 rings (SSSR count). The predicted molar refractivity (Wildman–Crippen MR) is 64.2 cm³/mol. The number of benzene rings is 1. The maximum absolute atomic E-state index is 6.16. The summed E-state index contributed by atoms with van der Waals surface area (Å²) in [6, 6.07) is 6.32. The second-order valence-corrected chi connectivity index (χ2v) is 4.65. The van der Waals surface area contributed by atoms with Gasteiger partial charge in [-0.3, -0.25) is 0 Å². The van der Waals surface area contributed by atoms with Crippen molar-refractivity contribution in [3.63, 3.8) is 0 Å². The van der Waals surface area contributed by atoms with Gasteiger partial charge < -0.3 is 5.73 Å². The summed E-state index contributed by atoms with van der Waals surface area (Å²) >= 11 is 7.91. The van der Waals surface area contributed by atoms with Crippen LogP contribution in [-0.2, 0) is 6.42 Å². The van der Waals surface area contributed by atoms with Gasteiger partial charge in [-0.25, -0.2) is 0 Å². The van der Waals surface area contributed by atoms with Gasteiger partial charge in [-0.1, -0.05) is 11.6 Å². The van der Waals surface area contributed by atoms with Gasteiger partial charge in [-0.05, 0) is 53.9 Å². The molecule has 0 fully saturated rings. The van der Waals surface area contributed by atoms with Gasteiger partial charge in [0.2, 0.25) is 0 Å². The Labute approximate surface area is 92.5 Å². The molecule has 2 aromatic rings. The second-order valence-electron chi connectivity index (χ2n) is 3.29. The van der Waals surface area contributed by atoms with E-state index in [0.717, 1.165) is 24.4 Å². The molecule has 1 aromatic carbocycles. The highest BCUT2D eigenvalue weighted by molar-refractivity contribution is 7.17. The van der Waals surface area contributed by atoms with Crippen molar-refractivity contribution in [2.45, 2.75) is 12.8 Å². The van der Waals surface area contributed by atoms with Gasteiger partial charge in [0.05, 0.1) is 0 Å². The Hall–Kier alpha value is -0.570. The monoisotopic (exact) mass is 225 g/mol. The molecule has 3 heteroatoms. The first kappa shape index (κ1) is 9.97. The normalized spacial score (nSPS) is 11.0. The van der Waals surface area contributed by atoms with E-state index in [1.807, 2.05) is 6.07 Å². The van der Waals surface area contributed by atoms with Crippen molar-refractivity contribution < 1.29 is 0 Å². The topological polar surface area (TPSA) is 26.0 Å². The average molecular weight is 226 g/mol. The van der Waals surface area contributed by atoms with Gasteiger partial charge in [0.1, 0.15) is 0 Å². The third kappa shape index (κ3) is 1.92. The van der Waals surface area contributed by atoms with Crippen molar-refractivity contribution in [3.8, 4) is 0 Å². The molecule has 1 nitrogen and oxygen atoms in total. The van der Waals surface area contributed by atoms with Crippen LogP contribution in [0.3, 0.4) is 0 Å². The van der Waals surface area contributed by atoms with Crippen LogP contribution in [0.15, 0.2) is 23.6 Å². The molecule has 0 amide bonds. The Morgan fingerprint density at radius 3 is 3.00 bits per heavy atom. The van der Waals surface area contributed by atoms with Gasteiger partial charge in [0, 0.05) is 9.72 Å². The fraction of sp³-hybridized carbons (Fsp3) is 0.273. The number of hydrogen-bond donors (Lipinski definition) is 1. The minimum atomic E-state index is 0.721. The van der Waals surface area contributed by atoms with Crippen LogP contribution in [0.25, 0.3) is 10.1 Å². The summed E-state index contributed by atoms with van der Waals surface area (Å²) in [6.07, 6.45) is 1.97. The van der Waals surface area contributed by atoms with E-state index in [9.17, 15) is 0 Å². The molecule has 0 aliphatic carbocycles. The number of halogens is 1. The molecule has 0 bridgehead atoms. The molecule has 0 saturated carbocycles. The zero-order valence-electron chi connectivity index (χ0n) is 7.79. The molecule has 74 valence electrons. The van der Waals surface area contributed by atoms with E-state index in [1.165, 1.54) is 15.6 Å². The Bertz CT molecular complexity index is 436. The Kier molecular flexibility index (Phi) is 3.06. The van der Waals surface area contributed by atoms with Crippen LogP contribution in [0, 0.1) is 0 Å². The highest BCUT2D eigenvalue weighted by Crippen LogP contribution is 2.28. The SMILES string of the molecule is NCCCc1cc2sccc2cc1Cl. The molecule has 0 unspecified atom stereocenters. The highest BCUT2D eigenvalue weighted by atomic mass is 35.5. The number of rotatable bonds is 3. The van der Waals surface area contributed by atoms with Gasteiger partial charge in [-0.15, -0.1) is 11.3 Å². The smallest absolute Gasteiger partial charge is 0.0444 e. The van der Waals surface area contributed by atoms with Crippen LogP contribution in [0.5, 0.6) is 0 Å². The van der Waals surface area contributed by atoms with Crippen molar-refractivity contribution >= 4 is 33.0 Å². The minimum absolute atomic E-state index is 0.721. The molecule has 1 aromatic heterocycles. The quantitative estimate of drug-likeness (QED) is 0.851. The number of aryl methyl sites for hydroxylation is 1. The Balaban J connectivity index is 2.38. The van der Waals surface area contributed by atoms with Crippen LogP contribution in [-0.4, -0.2) is 6.54 Å². The standard InChI is InChI=1S/C11H12ClNS/c12-10-6-9-3-5-14-11(9)7-8(10)2-1-4-13/h3,5-7H,1-2,4,13H2. The summed E-state index contributed by atoms with van der Waals surface area (Å²) in [6.45, 7) is 0.721. The number of hydrogen-bond acceptors (Lipinski definition) is 2. The fourth-order valence-electron chi connectivity index (χ4n) is 1.51. The van der Waals surface area contributed by atoms with Crippen LogP contribution < -0.4 is 5.73 Å². The highest BCUT2D eigenvalue weighted by Gasteiger charge is 2.03.